The van der Waals surface area contributed by atoms with Crippen molar-refractivity contribution < 1.29 is 27.5 Å². The zero-order chi connectivity index (χ0) is 17.0. The summed E-state index contributed by atoms with van der Waals surface area (Å²) in [4.78, 5) is 24.6. The quantitative estimate of drug-likeness (QED) is 0.858. The van der Waals surface area contributed by atoms with E-state index in [4.69, 9.17) is 0 Å². The first-order chi connectivity index (χ1) is 10.8. The van der Waals surface area contributed by atoms with Gasteiger partial charge in [-0.1, -0.05) is 6.07 Å². The molecule has 1 atom stereocenters. The van der Waals surface area contributed by atoms with Crippen LogP contribution in [0.15, 0.2) is 18.2 Å². The highest BCUT2D eigenvalue weighted by Crippen LogP contribution is 2.20. The number of likely N-dealkylation sites (tertiary alicyclic amines) is 1. The van der Waals surface area contributed by atoms with Crippen molar-refractivity contribution in [2.75, 3.05) is 13.6 Å². The number of nitrogens with zero attached hydrogens (tertiary/aromatic N) is 1. The van der Waals surface area contributed by atoms with Crippen LogP contribution in [0.1, 0.15) is 12.0 Å². The van der Waals surface area contributed by atoms with Crippen molar-refractivity contribution in [2.24, 2.45) is 0 Å². The van der Waals surface area contributed by atoms with Gasteiger partial charge in [-0.15, -0.1) is 0 Å². The number of hydrogen-bond acceptors (Lipinski definition) is 3. The van der Waals surface area contributed by atoms with E-state index < -0.39 is 24.2 Å². The van der Waals surface area contributed by atoms with Gasteiger partial charge in [0.05, 0.1) is 6.04 Å². The highest BCUT2D eigenvalue weighted by Gasteiger charge is 2.27. The van der Waals surface area contributed by atoms with Gasteiger partial charge in [-0.2, -0.15) is 8.78 Å². The number of hydrogen-bond donors (Lipinski definition) is 2. The van der Waals surface area contributed by atoms with Gasteiger partial charge in [0.15, 0.2) is 11.6 Å². The summed E-state index contributed by atoms with van der Waals surface area (Å²) in [6, 6.07) is 2.68. The number of ether oxygens (including phenoxy) is 1. The van der Waals surface area contributed by atoms with E-state index in [1.165, 1.54) is 11.0 Å². The van der Waals surface area contributed by atoms with Gasteiger partial charge in [0.25, 0.3) is 0 Å². The summed E-state index contributed by atoms with van der Waals surface area (Å²) >= 11 is 0. The molecule has 1 saturated heterocycles. The van der Waals surface area contributed by atoms with Crippen LogP contribution >= 0.6 is 0 Å². The Morgan fingerprint density at radius 3 is 2.78 bits per heavy atom. The SMILES string of the molecule is CN1C[C@@H](NC(=O)NCc2ccc(OC(F)F)c(F)c2)CC1=O. The minimum Gasteiger partial charge on any atom is -0.432 e. The van der Waals surface area contributed by atoms with Crippen LogP contribution in [-0.4, -0.2) is 43.1 Å². The number of carbonyl (C=O) groups is 2. The van der Waals surface area contributed by atoms with Gasteiger partial charge in [-0.3, -0.25) is 4.79 Å². The first-order valence-electron chi connectivity index (χ1n) is 6.86. The Morgan fingerprint density at radius 2 is 2.22 bits per heavy atom. The summed E-state index contributed by atoms with van der Waals surface area (Å²) in [5.74, 6) is -1.54. The number of carbonyl (C=O) groups excluding carboxylic acids is 2. The first-order valence-corrected chi connectivity index (χ1v) is 6.86. The smallest absolute Gasteiger partial charge is 0.387 e. The molecule has 6 nitrogen and oxygen atoms in total. The zero-order valence-electron chi connectivity index (χ0n) is 12.3. The maximum absolute atomic E-state index is 13.5. The Labute approximate surface area is 130 Å². The first kappa shape index (κ1) is 16.9. The molecule has 2 rings (SSSR count). The molecule has 0 spiro atoms. The van der Waals surface area contributed by atoms with Gasteiger partial charge in [0.2, 0.25) is 5.91 Å². The molecular formula is C14H16F3N3O3. The molecule has 0 radical (unpaired) electrons. The Balaban J connectivity index is 1.82. The fourth-order valence-electron chi connectivity index (χ4n) is 2.22. The number of urea groups is 1. The maximum atomic E-state index is 13.5. The van der Waals surface area contributed by atoms with Crippen molar-refractivity contribution >= 4 is 11.9 Å². The molecule has 1 aliphatic heterocycles. The van der Waals surface area contributed by atoms with Gasteiger partial charge in [-0.25, -0.2) is 9.18 Å². The van der Waals surface area contributed by atoms with Crippen LogP contribution in [0.25, 0.3) is 0 Å². The van der Waals surface area contributed by atoms with Crippen LogP contribution in [0.2, 0.25) is 0 Å². The molecule has 3 amide bonds. The number of nitrogens with one attached hydrogen (secondary N) is 2. The number of amides is 3. The topological polar surface area (TPSA) is 70.7 Å². The van der Waals surface area contributed by atoms with Crippen molar-refractivity contribution in [2.45, 2.75) is 25.6 Å². The molecule has 0 saturated carbocycles. The van der Waals surface area contributed by atoms with E-state index in [1.807, 2.05) is 0 Å². The van der Waals surface area contributed by atoms with Gasteiger partial charge < -0.3 is 20.3 Å². The average molecular weight is 331 g/mol. The summed E-state index contributed by atoms with van der Waals surface area (Å²) in [5, 5.41) is 5.14. The van der Waals surface area contributed by atoms with Crippen molar-refractivity contribution in [1.29, 1.82) is 0 Å². The normalized spacial score (nSPS) is 17.5. The summed E-state index contributed by atoms with van der Waals surface area (Å²) in [7, 11) is 1.65. The zero-order valence-corrected chi connectivity index (χ0v) is 12.3. The van der Waals surface area contributed by atoms with Crippen molar-refractivity contribution in [3.8, 4) is 5.75 Å². The fraction of sp³-hybridized carbons (Fsp3) is 0.429. The molecule has 0 bridgehead atoms. The Kier molecular flexibility index (Phi) is 5.30. The van der Waals surface area contributed by atoms with Crippen LogP contribution < -0.4 is 15.4 Å². The minimum atomic E-state index is -3.11. The molecule has 0 unspecified atom stereocenters. The molecule has 1 aromatic rings. The lowest BCUT2D eigenvalue weighted by Crippen LogP contribution is -2.42. The van der Waals surface area contributed by atoms with Crippen LogP contribution in [0.4, 0.5) is 18.0 Å². The van der Waals surface area contributed by atoms with Crippen molar-refractivity contribution in [1.82, 2.24) is 15.5 Å². The molecule has 9 heteroatoms. The minimum absolute atomic E-state index is 0.00815. The Hall–Kier alpha value is -2.45. The van der Waals surface area contributed by atoms with E-state index in [0.717, 1.165) is 12.1 Å². The number of halogens is 3. The Bertz CT molecular complexity index is 598. The number of likely N-dealkylation sites (N-methyl/N-ethyl adjacent to an activating group) is 1. The largest absolute Gasteiger partial charge is 0.432 e. The van der Waals surface area contributed by atoms with Gasteiger partial charge in [-0.05, 0) is 17.7 Å². The van der Waals surface area contributed by atoms with Gasteiger partial charge >= 0.3 is 12.6 Å². The van der Waals surface area contributed by atoms with Gasteiger partial charge in [0.1, 0.15) is 0 Å². The molecular weight excluding hydrogens is 315 g/mol. The van der Waals surface area contributed by atoms with Crippen molar-refractivity contribution in [3.05, 3.63) is 29.6 Å². The summed E-state index contributed by atoms with van der Waals surface area (Å²) in [6.07, 6.45) is 0.234. The second kappa shape index (κ2) is 7.21. The number of benzene rings is 1. The molecule has 1 heterocycles. The molecule has 1 fully saturated rings. The second-order valence-electron chi connectivity index (χ2n) is 5.15. The maximum Gasteiger partial charge on any atom is 0.387 e. The molecule has 0 aromatic heterocycles. The second-order valence-corrected chi connectivity index (χ2v) is 5.15. The molecule has 2 N–H and O–H groups in total. The highest BCUT2D eigenvalue weighted by molar-refractivity contribution is 5.81. The van der Waals surface area contributed by atoms with E-state index in [0.29, 0.717) is 12.1 Å². The molecule has 1 aliphatic rings. The fourth-order valence-corrected chi connectivity index (χ4v) is 2.22. The van der Waals surface area contributed by atoms with E-state index >= 15 is 0 Å². The third-order valence-corrected chi connectivity index (χ3v) is 3.34. The highest BCUT2D eigenvalue weighted by atomic mass is 19.3. The number of rotatable bonds is 5. The van der Waals surface area contributed by atoms with E-state index in [9.17, 15) is 22.8 Å². The summed E-state index contributed by atoms with van der Waals surface area (Å²) < 4.78 is 41.6. The molecule has 0 aliphatic carbocycles. The third kappa shape index (κ3) is 4.76. The lowest BCUT2D eigenvalue weighted by atomic mass is 10.2. The number of alkyl halides is 2. The monoisotopic (exact) mass is 331 g/mol. The van der Waals surface area contributed by atoms with E-state index in [-0.39, 0.29) is 24.9 Å². The van der Waals surface area contributed by atoms with Gasteiger partial charge in [0, 0.05) is 26.6 Å². The summed E-state index contributed by atoms with van der Waals surface area (Å²) in [6.45, 7) is -2.67. The van der Waals surface area contributed by atoms with Crippen molar-refractivity contribution in [3.63, 3.8) is 0 Å². The Morgan fingerprint density at radius 1 is 1.48 bits per heavy atom. The lowest BCUT2D eigenvalue weighted by Gasteiger charge is -2.13. The van der Waals surface area contributed by atoms with Crippen LogP contribution in [0.3, 0.4) is 0 Å². The standard InChI is InChI=1S/C14H16F3N3O3/c1-20-7-9(5-12(20)21)19-14(22)18-6-8-2-3-11(10(15)4-8)23-13(16)17/h2-4,9,13H,5-7H2,1H3,(H2,18,19,22)/t9-/m0/s1. The average Bonchev–Trinajstić information content (AvgIpc) is 2.77. The van der Waals surface area contributed by atoms with E-state index in [1.54, 1.807) is 7.05 Å². The predicted molar refractivity (Wildman–Crippen MR) is 74.4 cm³/mol. The van der Waals surface area contributed by atoms with Crippen LogP contribution in [-0.2, 0) is 11.3 Å². The van der Waals surface area contributed by atoms with E-state index in [2.05, 4.69) is 15.4 Å². The van der Waals surface area contributed by atoms with Crippen LogP contribution in [0.5, 0.6) is 5.75 Å². The molecule has 1 aromatic carbocycles. The third-order valence-electron chi connectivity index (χ3n) is 3.34. The lowest BCUT2D eigenvalue weighted by molar-refractivity contribution is -0.126. The summed E-state index contributed by atoms with van der Waals surface area (Å²) in [5.41, 5.74) is 0.388. The molecule has 23 heavy (non-hydrogen) atoms. The van der Waals surface area contributed by atoms with Crippen LogP contribution in [0, 0.1) is 5.82 Å². The molecule has 126 valence electrons. The predicted octanol–water partition coefficient (Wildman–Crippen LogP) is 1.46.